The third-order valence-electron chi connectivity index (χ3n) is 3.18. The molecule has 6 nitrogen and oxygen atoms in total. The highest BCUT2D eigenvalue weighted by atomic mass is 32.2. The summed E-state index contributed by atoms with van der Waals surface area (Å²) in [5.41, 5.74) is 0.846. The van der Waals surface area contributed by atoms with Crippen molar-refractivity contribution in [3.05, 3.63) is 48.2 Å². The maximum atomic E-state index is 12.3. The average molecular weight is 335 g/mol. The van der Waals surface area contributed by atoms with Gasteiger partial charge in [-0.2, -0.15) is 0 Å². The van der Waals surface area contributed by atoms with Crippen molar-refractivity contribution in [3.8, 4) is 5.75 Å². The lowest BCUT2D eigenvalue weighted by Gasteiger charge is -2.13. The molecule has 0 amide bonds. The van der Waals surface area contributed by atoms with Gasteiger partial charge in [0.1, 0.15) is 11.6 Å². The van der Waals surface area contributed by atoms with Crippen LogP contribution in [0.2, 0.25) is 0 Å². The van der Waals surface area contributed by atoms with Gasteiger partial charge in [-0.3, -0.25) is 0 Å². The Bertz CT molecular complexity index is 743. The zero-order valence-corrected chi connectivity index (χ0v) is 14.3. The van der Waals surface area contributed by atoms with Crippen molar-refractivity contribution >= 4 is 15.8 Å². The summed E-state index contributed by atoms with van der Waals surface area (Å²) in [4.78, 5) is 6.28. The van der Waals surface area contributed by atoms with Crippen LogP contribution >= 0.6 is 0 Å². The third-order valence-corrected chi connectivity index (χ3v) is 4.60. The highest BCUT2D eigenvalue weighted by molar-refractivity contribution is 7.89. The predicted molar refractivity (Wildman–Crippen MR) is 90.2 cm³/mol. The van der Waals surface area contributed by atoms with Gasteiger partial charge < -0.3 is 9.64 Å². The van der Waals surface area contributed by atoms with Crippen LogP contribution in [0, 0.1) is 0 Å². The lowest BCUT2D eigenvalue weighted by atomic mass is 10.2. The van der Waals surface area contributed by atoms with Crippen molar-refractivity contribution < 1.29 is 13.2 Å². The number of hydrogen-bond acceptors (Lipinski definition) is 5. The van der Waals surface area contributed by atoms with Crippen LogP contribution in [0.1, 0.15) is 12.5 Å². The van der Waals surface area contributed by atoms with E-state index in [1.165, 1.54) is 12.1 Å². The van der Waals surface area contributed by atoms with Gasteiger partial charge in [0.25, 0.3) is 0 Å². The van der Waals surface area contributed by atoms with E-state index in [0.717, 1.165) is 11.4 Å². The molecule has 0 fully saturated rings. The molecule has 0 aliphatic carbocycles. The molecule has 0 bridgehead atoms. The minimum Gasteiger partial charge on any atom is -0.494 e. The lowest BCUT2D eigenvalue weighted by molar-refractivity contribution is 0.340. The number of ether oxygens (including phenoxy) is 1. The first-order chi connectivity index (χ1) is 10.9. The van der Waals surface area contributed by atoms with Gasteiger partial charge in [0.2, 0.25) is 10.0 Å². The fraction of sp³-hybridized carbons (Fsp3) is 0.312. The Kier molecular flexibility index (Phi) is 5.57. The molecule has 2 rings (SSSR count). The first kappa shape index (κ1) is 17.2. The van der Waals surface area contributed by atoms with Crippen LogP contribution in [-0.2, 0) is 16.6 Å². The molecule has 1 N–H and O–H groups in total. The topological polar surface area (TPSA) is 71.5 Å². The van der Waals surface area contributed by atoms with E-state index in [9.17, 15) is 8.42 Å². The number of rotatable bonds is 7. The number of hydrogen-bond donors (Lipinski definition) is 1. The zero-order chi connectivity index (χ0) is 16.9. The molecule has 1 aromatic carbocycles. The Balaban J connectivity index is 2.08. The van der Waals surface area contributed by atoms with Crippen LogP contribution in [0.5, 0.6) is 5.75 Å². The Morgan fingerprint density at radius 2 is 1.87 bits per heavy atom. The van der Waals surface area contributed by atoms with Crippen LogP contribution in [0.25, 0.3) is 0 Å². The first-order valence-electron chi connectivity index (χ1n) is 7.27. The van der Waals surface area contributed by atoms with Crippen LogP contribution in [-0.4, -0.2) is 34.1 Å². The molecule has 23 heavy (non-hydrogen) atoms. The van der Waals surface area contributed by atoms with Gasteiger partial charge >= 0.3 is 0 Å². The van der Waals surface area contributed by atoms with Crippen molar-refractivity contribution in [2.24, 2.45) is 0 Å². The minimum absolute atomic E-state index is 0.207. The number of nitrogens with zero attached hydrogens (tertiary/aromatic N) is 2. The molecule has 0 saturated heterocycles. The van der Waals surface area contributed by atoms with Crippen molar-refractivity contribution in [2.75, 3.05) is 25.6 Å². The van der Waals surface area contributed by atoms with E-state index >= 15 is 0 Å². The summed E-state index contributed by atoms with van der Waals surface area (Å²) in [5.74, 6) is 1.43. The molecule has 2 aromatic rings. The van der Waals surface area contributed by atoms with E-state index in [-0.39, 0.29) is 11.4 Å². The SMILES string of the molecule is CCOc1ccc(S(=O)(=O)NCc2ccnc(N(C)C)c2)cc1. The summed E-state index contributed by atoms with van der Waals surface area (Å²) in [5, 5.41) is 0. The molecule has 7 heteroatoms. The summed E-state index contributed by atoms with van der Waals surface area (Å²) in [6.07, 6.45) is 1.66. The average Bonchev–Trinajstić information content (AvgIpc) is 2.54. The van der Waals surface area contributed by atoms with E-state index in [1.54, 1.807) is 24.4 Å². The number of benzene rings is 1. The van der Waals surface area contributed by atoms with E-state index in [1.807, 2.05) is 32.0 Å². The van der Waals surface area contributed by atoms with Gasteiger partial charge in [-0.05, 0) is 48.9 Å². The molecule has 0 unspecified atom stereocenters. The molecule has 0 aliphatic heterocycles. The zero-order valence-electron chi connectivity index (χ0n) is 13.5. The second-order valence-corrected chi connectivity index (χ2v) is 6.91. The Labute approximate surface area is 137 Å². The van der Waals surface area contributed by atoms with Crippen molar-refractivity contribution in [1.82, 2.24) is 9.71 Å². The standard InChI is InChI=1S/C16H21N3O3S/c1-4-22-14-5-7-15(8-6-14)23(20,21)18-12-13-9-10-17-16(11-13)19(2)3/h5-11,18H,4,12H2,1-3H3. The molecule has 0 atom stereocenters. The monoisotopic (exact) mass is 335 g/mol. The Hall–Kier alpha value is -2.12. The highest BCUT2D eigenvalue weighted by Gasteiger charge is 2.14. The summed E-state index contributed by atoms with van der Waals surface area (Å²) < 4.78 is 32.5. The number of aromatic nitrogens is 1. The molecule has 1 heterocycles. The molecule has 1 aromatic heterocycles. The van der Waals surface area contributed by atoms with Crippen LogP contribution < -0.4 is 14.4 Å². The molecular formula is C16H21N3O3S. The molecule has 0 saturated carbocycles. The Morgan fingerprint density at radius 3 is 2.48 bits per heavy atom. The second kappa shape index (κ2) is 7.43. The predicted octanol–water partition coefficient (Wildman–Crippen LogP) is 2.02. The van der Waals surface area contributed by atoms with Gasteiger partial charge in [-0.25, -0.2) is 18.1 Å². The summed E-state index contributed by atoms with van der Waals surface area (Å²) >= 11 is 0. The number of pyridine rings is 1. The van der Waals surface area contributed by atoms with E-state index < -0.39 is 10.0 Å². The van der Waals surface area contributed by atoms with Crippen molar-refractivity contribution in [2.45, 2.75) is 18.4 Å². The first-order valence-corrected chi connectivity index (χ1v) is 8.75. The van der Waals surface area contributed by atoms with Gasteiger partial charge in [0, 0.05) is 26.8 Å². The normalized spacial score (nSPS) is 11.3. The maximum Gasteiger partial charge on any atom is 0.240 e. The summed E-state index contributed by atoms with van der Waals surface area (Å²) in [6, 6.07) is 9.99. The molecule has 0 radical (unpaired) electrons. The number of anilines is 1. The van der Waals surface area contributed by atoms with Gasteiger partial charge in [0.15, 0.2) is 0 Å². The fourth-order valence-corrected chi connectivity index (χ4v) is 2.98. The quantitative estimate of drug-likeness (QED) is 0.838. The van der Waals surface area contributed by atoms with Crippen molar-refractivity contribution in [3.63, 3.8) is 0 Å². The molecule has 0 aliphatic rings. The molecular weight excluding hydrogens is 314 g/mol. The number of sulfonamides is 1. The van der Waals surface area contributed by atoms with E-state index in [4.69, 9.17) is 4.74 Å². The van der Waals surface area contributed by atoms with Crippen LogP contribution in [0.4, 0.5) is 5.82 Å². The summed E-state index contributed by atoms with van der Waals surface area (Å²) in [6.45, 7) is 2.63. The number of nitrogens with one attached hydrogen (secondary N) is 1. The van der Waals surface area contributed by atoms with Gasteiger partial charge in [-0.1, -0.05) is 0 Å². The van der Waals surface area contributed by atoms with Crippen LogP contribution in [0.3, 0.4) is 0 Å². The minimum atomic E-state index is -3.56. The van der Waals surface area contributed by atoms with Crippen molar-refractivity contribution in [1.29, 1.82) is 0 Å². The van der Waals surface area contributed by atoms with Gasteiger partial charge in [-0.15, -0.1) is 0 Å². The third kappa shape index (κ3) is 4.67. The lowest BCUT2D eigenvalue weighted by Crippen LogP contribution is -2.23. The Morgan fingerprint density at radius 1 is 1.17 bits per heavy atom. The fourth-order valence-electron chi connectivity index (χ4n) is 1.96. The largest absolute Gasteiger partial charge is 0.494 e. The smallest absolute Gasteiger partial charge is 0.240 e. The van der Waals surface area contributed by atoms with Gasteiger partial charge in [0.05, 0.1) is 11.5 Å². The van der Waals surface area contributed by atoms with E-state index in [2.05, 4.69) is 9.71 Å². The molecule has 124 valence electrons. The highest BCUT2D eigenvalue weighted by Crippen LogP contribution is 2.16. The molecule has 0 spiro atoms. The summed E-state index contributed by atoms with van der Waals surface area (Å²) in [7, 11) is 0.207. The maximum absolute atomic E-state index is 12.3. The van der Waals surface area contributed by atoms with E-state index in [0.29, 0.717) is 12.4 Å². The van der Waals surface area contributed by atoms with Crippen LogP contribution in [0.15, 0.2) is 47.5 Å². The second-order valence-electron chi connectivity index (χ2n) is 5.15.